The predicted octanol–water partition coefficient (Wildman–Crippen LogP) is 2.41. The van der Waals surface area contributed by atoms with Crippen LogP contribution in [0.15, 0.2) is 24.5 Å². The highest BCUT2D eigenvalue weighted by molar-refractivity contribution is 7.13. The van der Waals surface area contributed by atoms with Crippen LogP contribution in [0.2, 0.25) is 0 Å². The van der Waals surface area contributed by atoms with E-state index < -0.39 is 0 Å². The van der Waals surface area contributed by atoms with Gasteiger partial charge < -0.3 is 10.2 Å². The lowest BCUT2D eigenvalue weighted by Crippen LogP contribution is -2.35. The number of aromatic nitrogens is 2. The number of nitrogens with one attached hydrogen (secondary N) is 1. The smallest absolute Gasteiger partial charge is 0.266 e. The topological polar surface area (TPSA) is 58.1 Å². The van der Waals surface area contributed by atoms with E-state index in [1.54, 1.807) is 6.20 Å². The summed E-state index contributed by atoms with van der Waals surface area (Å²) in [6.45, 7) is 7.25. The van der Waals surface area contributed by atoms with Gasteiger partial charge in [0.1, 0.15) is 4.88 Å². The summed E-state index contributed by atoms with van der Waals surface area (Å²) in [5.74, 6) is 0.605. The highest BCUT2D eigenvalue weighted by atomic mass is 32.1. The van der Waals surface area contributed by atoms with E-state index in [1.807, 2.05) is 37.1 Å². The highest BCUT2D eigenvalue weighted by Crippen LogP contribution is 2.22. The zero-order chi connectivity index (χ0) is 16.2. The van der Waals surface area contributed by atoms with E-state index in [4.69, 9.17) is 0 Å². The number of hydrogen-bond donors (Lipinski definition) is 1. The van der Waals surface area contributed by atoms with Crippen LogP contribution in [0.4, 0.5) is 0 Å². The number of rotatable bonds is 5. The molecule has 122 valence electrons. The minimum atomic E-state index is 0.0869. The predicted molar refractivity (Wildman–Crippen MR) is 91.5 cm³/mol. The summed E-state index contributed by atoms with van der Waals surface area (Å²) in [7, 11) is 0. The highest BCUT2D eigenvalue weighted by Gasteiger charge is 2.25. The van der Waals surface area contributed by atoms with E-state index >= 15 is 0 Å². The van der Waals surface area contributed by atoms with Gasteiger partial charge in [-0.2, -0.15) is 0 Å². The third-order valence-electron chi connectivity index (χ3n) is 4.12. The molecule has 1 saturated heterocycles. The van der Waals surface area contributed by atoms with Crippen LogP contribution in [0.3, 0.4) is 0 Å². The zero-order valence-corrected chi connectivity index (χ0v) is 14.4. The van der Waals surface area contributed by atoms with Gasteiger partial charge in [0.25, 0.3) is 5.91 Å². The van der Waals surface area contributed by atoms with Gasteiger partial charge in [-0.25, -0.2) is 4.98 Å². The summed E-state index contributed by atoms with van der Waals surface area (Å²) in [5.41, 5.74) is 1.89. The second-order valence-corrected chi connectivity index (χ2v) is 7.26. The first-order valence-corrected chi connectivity index (χ1v) is 8.78. The van der Waals surface area contributed by atoms with Crippen LogP contribution in [0.5, 0.6) is 0 Å². The van der Waals surface area contributed by atoms with Crippen molar-refractivity contribution in [3.8, 4) is 0 Å². The van der Waals surface area contributed by atoms with Gasteiger partial charge >= 0.3 is 0 Å². The maximum atomic E-state index is 13.0. The SMILES string of the molecule is Cc1nc(C)c(C(=O)N(Cc2cccnc2)C[C@H]2CCNC2)s1. The van der Waals surface area contributed by atoms with Crippen molar-refractivity contribution in [2.75, 3.05) is 19.6 Å². The average molecular weight is 330 g/mol. The van der Waals surface area contributed by atoms with Gasteiger partial charge in [-0.1, -0.05) is 6.07 Å². The van der Waals surface area contributed by atoms with E-state index in [0.717, 1.165) is 47.2 Å². The molecular formula is C17H22N4OS. The molecule has 0 aliphatic carbocycles. The average Bonchev–Trinajstić information content (AvgIpc) is 3.16. The molecule has 6 heteroatoms. The summed E-state index contributed by atoms with van der Waals surface area (Å²) in [4.78, 5) is 24.3. The number of hydrogen-bond acceptors (Lipinski definition) is 5. The van der Waals surface area contributed by atoms with Crippen molar-refractivity contribution in [2.24, 2.45) is 5.92 Å². The first-order chi connectivity index (χ1) is 11.1. The first kappa shape index (κ1) is 16.1. The van der Waals surface area contributed by atoms with Gasteiger partial charge in [0, 0.05) is 25.5 Å². The van der Waals surface area contributed by atoms with Crippen molar-refractivity contribution in [2.45, 2.75) is 26.8 Å². The van der Waals surface area contributed by atoms with Crippen molar-refractivity contribution in [1.82, 2.24) is 20.2 Å². The van der Waals surface area contributed by atoms with Crippen molar-refractivity contribution in [3.05, 3.63) is 45.7 Å². The zero-order valence-electron chi connectivity index (χ0n) is 13.6. The van der Waals surface area contributed by atoms with Crippen molar-refractivity contribution < 1.29 is 4.79 Å². The van der Waals surface area contributed by atoms with Crippen LogP contribution < -0.4 is 5.32 Å². The lowest BCUT2D eigenvalue weighted by molar-refractivity contribution is 0.0722. The standard InChI is InChI=1S/C17H22N4OS/c1-12-16(23-13(2)20-12)17(22)21(11-15-5-7-19-9-15)10-14-4-3-6-18-8-14/h3-4,6,8,15,19H,5,7,9-11H2,1-2H3/t15-/m0/s1. The maximum absolute atomic E-state index is 13.0. The number of amides is 1. The lowest BCUT2D eigenvalue weighted by atomic mass is 10.1. The van der Waals surface area contributed by atoms with Gasteiger partial charge in [0.05, 0.1) is 10.7 Å². The van der Waals surface area contributed by atoms with Crippen LogP contribution in [-0.2, 0) is 6.54 Å². The van der Waals surface area contributed by atoms with Crippen LogP contribution >= 0.6 is 11.3 Å². The molecule has 0 saturated carbocycles. The number of pyridine rings is 1. The van der Waals surface area contributed by atoms with Gasteiger partial charge in [-0.15, -0.1) is 11.3 Å². The molecule has 0 radical (unpaired) electrons. The second-order valence-electron chi connectivity index (χ2n) is 6.05. The fourth-order valence-corrected chi connectivity index (χ4v) is 3.87. The van der Waals surface area contributed by atoms with E-state index in [9.17, 15) is 4.79 Å². The van der Waals surface area contributed by atoms with Crippen LogP contribution in [-0.4, -0.2) is 40.4 Å². The Hall–Kier alpha value is -1.79. The fourth-order valence-electron chi connectivity index (χ4n) is 2.99. The number of thiazole rings is 1. The molecule has 1 atom stereocenters. The molecule has 23 heavy (non-hydrogen) atoms. The second kappa shape index (κ2) is 7.19. The third-order valence-corrected chi connectivity index (χ3v) is 5.18. The molecule has 1 amide bonds. The Morgan fingerprint density at radius 3 is 2.96 bits per heavy atom. The Balaban J connectivity index is 1.81. The molecule has 0 spiro atoms. The number of carbonyl (C=O) groups is 1. The molecule has 0 aromatic carbocycles. The van der Waals surface area contributed by atoms with Crippen molar-refractivity contribution in [1.29, 1.82) is 0 Å². The monoisotopic (exact) mass is 330 g/mol. The Morgan fingerprint density at radius 1 is 1.48 bits per heavy atom. The Kier molecular flexibility index (Phi) is 5.03. The summed E-state index contributed by atoms with van der Waals surface area (Å²) in [6, 6.07) is 3.93. The van der Waals surface area contributed by atoms with Gasteiger partial charge in [-0.05, 0) is 50.9 Å². The minimum Gasteiger partial charge on any atom is -0.333 e. The van der Waals surface area contributed by atoms with Gasteiger partial charge in [0.15, 0.2) is 0 Å². The van der Waals surface area contributed by atoms with E-state index in [-0.39, 0.29) is 5.91 Å². The van der Waals surface area contributed by atoms with E-state index in [1.165, 1.54) is 11.3 Å². The molecule has 0 bridgehead atoms. The molecule has 0 unspecified atom stereocenters. The molecule has 3 heterocycles. The Bertz CT molecular complexity index is 664. The minimum absolute atomic E-state index is 0.0869. The molecule has 5 nitrogen and oxygen atoms in total. The summed E-state index contributed by atoms with van der Waals surface area (Å²) in [6.07, 6.45) is 4.71. The van der Waals surface area contributed by atoms with Crippen LogP contribution in [0.25, 0.3) is 0 Å². The first-order valence-electron chi connectivity index (χ1n) is 7.96. The normalized spacial score (nSPS) is 17.4. The third kappa shape index (κ3) is 3.95. The number of nitrogens with zero attached hydrogens (tertiary/aromatic N) is 3. The van der Waals surface area contributed by atoms with Crippen LogP contribution in [0, 0.1) is 19.8 Å². The summed E-state index contributed by atoms with van der Waals surface area (Å²) >= 11 is 1.49. The Morgan fingerprint density at radius 2 is 2.35 bits per heavy atom. The molecule has 1 aliphatic rings. The molecule has 2 aromatic rings. The maximum Gasteiger partial charge on any atom is 0.266 e. The largest absolute Gasteiger partial charge is 0.333 e. The summed E-state index contributed by atoms with van der Waals surface area (Å²) < 4.78 is 0. The van der Waals surface area contributed by atoms with Gasteiger partial charge in [-0.3, -0.25) is 9.78 Å². The molecule has 1 fully saturated rings. The molecule has 3 rings (SSSR count). The number of carbonyl (C=O) groups excluding carboxylic acids is 1. The van der Waals surface area contributed by atoms with E-state index in [0.29, 0.717) is 12.5 Å². The molecular weight excluding hydrogens is 308 g/mol. The van der Waals surface area contributed by atoms with Gasteiger partial charge in [0.2, 0.25) is 0 Å². The Labute approximate surface area is 140 Å². The van der Waals surface area contributed by atoms with Crippen molar-refractivity contribution >= 4 is 17.2 Å². The molecule has 1 N–H and O–H groups in total. The summed E-state index contributed by atoms with van der Waals surface area (Å²) in [5, 5.41) is 4.32. The van der Waals surface area contributed by atoms with E-state index in [2.05, 4.69) is 15.3 Å². The molecule has 1 aliphatic heterocycles. The van der Waals surface area contributed by atoms with Crippen LogP contribution in [0.1, 0.15) is 32.4 Å². The lowest BCUT2D eigenvalue weighted by Gasteiger charge is -2.25. The number of aryl methyl sites for hydroxylation is 2. The fraction of sp³-hybridized carbons (Fsp3) is 0.471. The van der Waals surface area contributed by atoms with Crippen molar-refractivity contribution in [3.63, 3.8) is 0 Å². The molecule has 2 aromatic heterocycles. The quantitative estimate of drug-likeness (QED) is 0.915.